The number of nitrogens with zero attached hydrogens (tertiary/aromatic N) is 3. The molecule has 2 atom stereocenters. The minimum absolute atomic E-state index is 0.0268. The number of amides is 2. The number of nitrogens with one attached hydrogen (secondary N) is 2. The molecular formula is C38H35N5O9S2. The molecule has 2 amide bonds. The summed E-state index contributed by atoms with van der Waals surface area (Å²) in [7, 11) is 0. The Labute approximate surface area is 317 Å². The van der Waals surface area contributed by atoms with Crippen LogP contribution >= 0.6 is 23.1 Å². The normalized spacial score (nSPS) is 17.2. The summed E-state index contributed by atoms with van der Waals surface area (Å²) < 4.78 is 4.99. The van der Waals surface area contributed by atoms with Gasteiger partial charge in [0.1, 0.15) is 35.0 Å². The highest BCUT2D eigenvalue weighted by molar-refractivity contribution is 8.00. The number of carboxylic acid groups (broad SMARTS) is 2. The van der Waals surface area contributed by atoms with Crippen LogP contribution in [0, 0.1) is 0 Å². The first-order valence-corrected chi connectivity index (χ1v) is 18.5. The number of β-lactam (4-membered cyclic amide) rings is 1. The molecule has 1 saturated heterocycles. The molecule has 16 heteroatoms. The van der Waals surface area contributed by atoms with Crippen LogP contribution in [0.5, 0.6) is 0 Å². The van der Waals surface area contributed by atoms with Crippen LogP contribution in [0.4, 0.5) is 5.13 Å². The molecule has 0 bridgehead atoms. The summed E-state index contributed by atoms with van der Waals surface area (Å²) in [6.45, 7) is 3.41. The maximum absolute atomic E-state index is 14.0. The van der Waals surface area contributed by atoms with E-state index in [0.717, 1.165) is 21.6 Å². The highest BCUT2D eigenvalue weighted by Gasteiger charge is 2.54. The second-order valence-corrected chi connectivity index (χ2v) is 14.7. The van der Waals surface area contributed by atoms with Crippen LogP contribution in [0.2, 0.25) is 0 Å². The third-order valence-corrected chi connectivity index (χ3v) is 10.8. The van der Waals surface area contributed by atoms with Gasteiger partial charge in [-0.05, 0) is 30.5 Å². The van der Waals surface area contributed by atoms with Gasteiger partial charge >= 0.3 is 17.9 Å². The van der Waals surface area contributed by atoms with E-state index in [1.807, 2.05) is 91.0 Å². The first-order chi connectivity index (χ1) is 25.8. The lowest BCUT2D eigenvalue weighted by Crippen LogP contribution is -2.71. The van der Waals surface area contributed by atoms with Gasteiger partial charge in [0.2, 0.25) is 5.60 Å². The summed E-state index contributed by atoms with van der Waals surface area (Å²) in [6, 6.07) is 28.2. The summed E-state index contributed by atoms with van der Waals surface area (Å²) in [6.07, 6.45) is 0. The summed E-state index contributed by atoms with van der Waals surface area (Å²) in [5.41, 5.74) is -0.539. The van der Waals surface area contributed by atoms with Crippen LogP contribution in [-0.4, -0.2) is 84.9 Å². The van der Waals surface area contributed by atoms with Gasteiger partial charge in [0.15, 0.2) is 10.8 Å². The first kappa shape index (κ1) is 37.7. The number of aromatic nitrogens is 1. The van der Waals surface area contributed by atoms with Crippen LogP contribution < -0.4 is 10.6 Å². The van der Waals surface area contributed by atoms with Crippen LogP contribution in [-0.2, 0) is 39.1 Å². The predicted molar refractivity (Wildman–Crippen MR) is 201 cm³/mol. The molecule has 54 heavy (non-hydrogen) atoms. The van der Waals surface area contributed by atoms with Crippen molar-refractivity contribution in [1.82, 2.24) is 15.2 Å². The summed E-state index contributed by atoms with van der Waals surface area (Å²) in [5.74, 6) is -4.81. The molecule has 4 aromatic rings. The van der Waals surface area contributed by atoms with Crippen LogP contribution in [0.3, 0.4) is 0 Å². The number of benzene rings is 3. The Bertz CT molecular complexity index is 2040. The fraction of sp³-hybridized carbons (Fsp3) is 0.237. The number of rotatable bonds is 14. The highest BCUT2D eigenvalue weighted by Crippen LogP contribution is 2.42. The number of anilines is 1. The van der Waals surface area contributed by atoms with Gasteiger partial charge in [-0.2, -0.15) is 0 Å². The fourth-order valence-corrected chi connectivity index (χ4v) is 8.06. The SMILES string of the molecule is CC(=O)OCC1=C(C(=O)O)N2C(=O)[C@@H](NC(=O)/C(=N\OC(C)(C)C(=O)O)c3csc(NC(c4ccccc4)(c4ccccc4)c4ccccc4)n3)[C@H]2SC1. The fourth-order valence-electron chi connectivity index (χ4n) is 5.98. The van der Waals surface area contributed by atoms with Gasteiger partial charge in [-0.25, -0.2) is 14.6 Å². The zero-order chi connectivity index (χ0) is 38.6. The first-order valence-electron chi connectivity index (χ1n) is 16.6. The van der Waals surface area contributed by atoms with Gasteiger partial charge < -0.3 is 30.4 Å². The summed E-state index contributed by atoms with van der Waals surface area (Å²) >= 11 is 2.36. The highest BCUT2D eigenvalue weighted by atomic mass is 32.2. The maximum Gasteiger partial charge on any atom is 0.352 e. The lowest BCUT2D eigenvalue weighted by molar-refractivity contribution is -0.161. The van der Waals surface area contributed by atoms with Crippen molar-refractivity contribution in [3.63, 3.8) is 0 Å². The zero-order valence-electron chi connectivity index (χ0n) is 29.2. The molecule has 3 heterocycles. The maximum atomic E-state index is 14.0. The minimum Gasteiger partial charge on any atom is -0.478 e. The van der Waals surface area contributed by atoms with E-state index >= 15 is 0 Å². The average molecular weight is 770 g/mol. The number of ether oxygens (including phenoxy) is 1. The van der Waals surface area contributed by atoms with Gasteiger partial charge in [0.05, 0.1) is 0 Å². The van der Waals surface area contributed by atoms with E-state index in [1.165, 1.54) is 43.9 Å². The largest absolute Gasteiger partial charge is 0.478 e. The lowest BCUT2D eigenvalue weighted by Gasteiger charge is -2.49. The number of esters is 1. The van der Waals surface area contributed by atoms with E-state index in [9.17, 15) is 34.2 Å². The van der Waals surface area contributed by atoms with Gasteiger partial charge in [0.25, 0.3) is 11.8 Å². The lowest BCUT2D eigenvalue weighted by atomic mass is 9.77. The Hall–Kier alpha value is -6.00. The molecule has 1 aromatic heterocycles. The Kier molecular flexibility index (Phi) is 10.9. The average Bonchev–Trinajstić information content (AvgIpc) is 3.63. The molecule has 0 unspecified atom stereocenters. The Balaban J connectivity index is 1.34. The third kappa shape index (κ3) is 7.43. The van der Waals surface area contributed by atoms with E-state index in [1.54, 1.807) is 5.38 Å². The smallest absolute Gasteiger partial charge is 0.352 e. The van der Waals surface area contributed by atoms with E-state index in [4.69, 9.17) is 14.6 Å². The number of thioether (sulfide) groups is 1. The van der Waals surface area contributed by atoms with Crippen molar-refractivity contribution in [2.24, 2.45) is 5.16 Å². The number of thiazole rings is 1. The van der Waals surface area contributed by atoms with Gasteiger partial charge in [-0.15, -0.1) is 23.1 Å². The third-order valence-electron chi connectivity index (χ3n) is 8.74. The molecule has 278 valence electrons. The monoisotopic (exact) mass is 769 g/mol. The molecule has 2 aliphatic heterocycles. The summed E-state index contributed by atoms with van der Waals surface area (Å²) in [4.78, 5) is 73.9. The van der Waals surface area contributed by atoms with E-state index < -0.39 is 58.0 Å². The number of carbonyl (C=O) groups excluding carboxylic acids is 3. The number of aliphatic carboxylic acids is 2. The molecule has 0 spiro atoms. The Morgan fingerprint density at radius 3 is 1.98 bits per heavy atom. The number of fused-ring (bicyclic) bond motifs is 1. The molecule has 14 nitrogen and oxygen atoms in total. The summed E-state index contributed by atoms with van der Waals surface area (Å²) in [5, 5.41) is 31.0. The van der Waals surface area contributed by atoms with Crippen molar-refractivity contribution in [1.29, 1.82) is 0 Å². The number of hydrogen-bond acceptors (Lipinski definition) is 12. The van der Waals surface area contributed by atoms with Crippen LogP contribution in [0.25, 0.3) is 0 Å². The van der Waals surface area contributed by atoms with Crippen molar-refractivity contribution >= 4 is 63.7 Å². The second-order valence-electron chi connectivity index (χ2n) is 12.8. The van der Waals surface area contributed by atoms with E-state index in [2.05, 4.69) is 15.8 Å². The number of carboxylic acids is 2. The van der Waals surface area contributed by atoms with Gasteiger partial charge in [-0.3, -0.25) is 19.3 Å². The number of oxime groups is 1. The quantitative estimate of drug-likeness (QED) is 0.0464. The molecule has 6 rings (SSSR count). The van der Waals surface area contributed by atoms with Crippen molar-refractivity contribution in [2.45, 2.75) is 43.3 Å². The van der Waals surface area contributed by atoms with Crippen molar-refractivity contribution in [2.75, 3.05) is 17.7 Å². The minimum atomic E-state index is -1.84. The zero-order valence-corrected chi connectivity index (χ0v) is 30.8. The molecule has 3 aromatic carbocycles. The Morgan fingerprint density at radius 2 is 1.48 bits per heavy atom. The van der Waals surface area contributed by atoms with Crippen molar-refractivity contribution < 1.29 is 43.8 Å². The van der Waals surface area contributed by atoms with Crippen LogP contribution in [0.15, 0.2) is 113 Å². The molecule has 2 aliphatic rings. The van der Waals surface area contributed by atoms with Crippen LogP contribution in [0.1, 0.15) is 43.2 Å². The molecule has 1 fully saturated rings. The topological polar surface area (TPSA) is 197 Å². The molecule has 4 N–H and O–H groups in total. The van der Waals surface area contributed by atoms with Crippen molar-refractivity contribution in [3.8, 4) is 0 Å². The molecule has 0 aliphatic carbocycles. The van der Waals surface area contributed by atoms with Gasteiger partial charge in [-0.1, -0.05) is 96.2 Å². The molecule has 0 saturated carbocycles. The number of carbonyl (C=O) groups is 5. The predicted octanol–water partition coefficient (Wildman–Crippen LogP) is 4.43. The molecular weight excluding hydrogens is 735 g/mol. The van der Waals surface area contributed by atoms with Crippen molar-refractivity contribution in [3.05, 3.63) is 130 Å². The number of hydrogen-bond donors (Lipinski definition) is 4. The second kappa shape index (κ2) is 15.5. The van der Waals surface area contributed by atoms with E-state index in [0.29, 0.717) is 5.13 Å². The Morgan fingerprint density at radius 1 is 0.926 bits per heavy atom. The standard InChI is InChI=1S/C38H35N5O9S2/c1-22(44)51-19-23-20-53-33-29(32(46)43(33)30(23)34(47)48)40-31(45)28(42-52-37(2,3)35(49)50)27-21-54-36(39-27)41-38(24-13-7-4-8-14-24,25-15-9-5-10-16-25)26-17-11-6-12-18-26/h4-18,21,29,33H,19-20H2,1-3H3,(H,39,41)(H,40,45)(H,47,48)(H,49,50)/b42-28-/t29-,33-/m1/s1. The molecule has 0 radical (unpaired) electrons. The van der Waals surface area contributed by atoms with E-state index in [-0.39, 0.29) is 29.3 Å². The van der Waals surface area contributed by atoms with Gasteiger partial charge in [0, 0.05) is 23.6 Å².